The van der Waals surface area contributed by atoms with Gasteiger partial charge in [0.2, 0.25) is 11.8 Å². The first kappa shape index (κ1) is 13.2. The molecule has 0 aromatic heterocycles. The average Bonchev–Trinajstić information content (AvgIpc) is 2.26. The van der Waals surface area contributed by atoms with E-state index in [0.29, 0.717) is 0 Å². The molecule has 1 atom stereocenters. The molecule has 0 saturated heterocycles. The number of nitrogens with two attached hydrogens (primary N) is 1. The minimum absolute atomic E-state index is 0.00720. The van der Waals surface area contributed by atoms with E-state index < -0.39 is 11.9 Å². The molecule has 1 rings (SSSR count). The zero-order valence-electron chi connectivity index (χ0n) is 10.1. The Morgan fingerprint density at radius 3 is 2.29 bits per heavy atom. The summed E-state index contributed by atoms with van der Waals surface area (Å²) in [6.45, 7) is 3.69. The molecular formula is C13H18N2O2. The highest BCUT2D eigenvalue weighted by Gasteiger charge is 2.21. The van der Waals surface area contributed by atoms with Crippen molar-refractivity contribution in [3.63, 3.8) is 0 Å². The predicted octanol–water partition coefficient (Wildman–Crippen LogP) is 0.855. The fourth-order valence-electron chi connectivity index (χ4n) is 1.57. The summed E-state index contributed by atoms with van der Waals surface area (Å²) in [5, 5.41) is 2.65. The summed E-state index contributed by atoms with van der Waals surface area (Å²) in [6, 6.07) is 8.77. The third kappa shape index (κ3) is 4.26. The van der Waals surface area contributed by atoms with E-state index >= 15 is 0 Å². The summed E-state index contributed by atoms with van der Waals surface area (Å²) in [7, 11) is 0. The largest absolute Gasteiger partial charge is 0.368 e. The van der Waals surface area contributed by atoms with E-state index in [2.05, 4.69) is 5.32 Å². The highest BCUT2D eigenvalue weighted by molar-refractivity contribution is 5.87. The molecule has 0 aliphatic heterocycles. The van der Waals surface area contributed by atoms with Crippen LogP contribution in [0.3, 0.4) is 0 Å². The Hall–Kier alpha value is -1.84. The quantitative estimate of drug-likeness (QED) is 0.793. The van der Waals surface area contributed by atoms with Crippen LogP contribution in [0, 0.1) is 5.92 Å². The van der Waals surface area contributed by atoms with E-state index in [0.717, 1.165) is 5.56 Å². The lowest BCUT2D eigenvalue weighted by atomic mass is 10.0. The fourth-order valence-corrected chi connectivity index (χ4v) is 1.57. The van der Waals surface area contributed by atoms with Gasteiger partial charge in [-0.15, -0.1) is 0 Å². The molecule has 0 bridgehead atoms. The van der Waals surface area contributed by atoms with Crippen molar-refractivity contribution in [3.05, 3.63) is 35.9 Å². The number of benzene rings is 1. The monoisotopic (exact) mass is 234 g/mol. The number of primary amides is 1. The van der Waals surface area contributed by atoms with Crippen molar-refractivity contribution in [1.29, 1.82) is 0 Å². The zero-order chi connectivity index (χ0) is 12.8. The van der Waals surface area contributed by atoms with Gasteiger partial charge in [-0.05, 0) is 11.5 Å². The number of amides is 2. The molecule has 0 aliphatic rings. The first-order chi connectivity index (χ1) is 8.00. The van der Waals surface area contributed by atoms with Crippen molar-refractivity contribution in [3.8, 4) is 0 Å². The molecule has 3 N–H and O–H groups in total. The molecule has 4 nitrogen and oxygen atoms in total. The van der Waals surface area contributed by atoms with Gasteiger partial charge in [-0.1, -0.05) is 44.2 Å². The maximum Gasteiger partial charge on any atom is 0.240 e. The number of rotatable bonds is 5. The van der Waals surface area contributed by atoms with E-state index in [1.807, 2.05) is 44.2 Å². The van der Waals surface area contributed by atoms with Crippen LogP contribution in [0.2, 0.25) is 0 Å². The third-order valence-electron chi connectivity index (χ3n) is 2.50. The molecule has 1 aromatic carbocycles. The molecule has 0 saturated carbocycles. The second kappa shape index (κ2) is 6.03. The predicted molar refractivity (Wildman–Crippen MR) is 66.1 cm³/mol. The van der Waals surface area contributed by atoms with Gasteiger partial charge >= 0.3 is 0 Å². The highest BCUT2D eigenvalue weighted by Crippen LogP contribution is 2.03. The Morgan fingerprint density at radius 2 is 1.82 bits per heavy atom. The van der Waals surface area contributed by atoms with Crippen LogP contribution >= 0.6 is 0 Å². The molecule has 0 spiro atoms. The smallest absolute Gasteiger partial charge is 0.240 e. The number of hydrogen-bond donors (Lipinski definition) is 2. The van der Waals surface area contributed by atoms with Gasteiger partial charge in [0.1, 0.15) is 6.04 Å². The Balaban J connectivity index is 2.57. The van der Waals surface area contributed by atoms with Crippen LogP contribution in [0.1, 0.15) is 19.4 Å². The minimum Gasteiger partial charge on any atom is -0.368 e. The van der Waals surface area contributed by atoms with Gasteiger partial charge in [-0.2, -0.15) is 0 Å². The Morgan fingerprint density at radius 1 is 1.24 bits per heavy atom. The minimum atomic E-state index is -0.605. The van der Waals surface area contributed by atoms with Crippen molar-refractivity contribution in [2.24, 2.45) is 11.7 Å². The molecule has 92 valence electrons. The summed E-state index contributed by atoms with van der Waals surface area (Å²) in [6.07, 6.45) is 0.261. The standard InChI is InChI=1S/C13H18N2O2/c1-9(2)12(13(14)17)15-11(16)8-10-6-4-3-5-7-10/h3-7,9,12H,8H2,1-2H3,(H2,14,17)(H,15,16)/t12-/m0/s1. The van der Waals surface area contributed by atoms with Crippen molar-refractivity contribution < 1.29 is 9.59 Å². The summed E-state index contributed by atoms with van der Waals surface area (Å²) >= 11 is 0. The normalized spacial score (nSPS) is 12.2. The number of carbonyl (C=O) groups is 2. The molecule has 0 aliphatic carbocycles. The molecular weight excluding hydrogens is 216 g/mol. The van der Waals surface area contributed by atoms with Crippen LogP contribution in [0.25, 0.3) is 0 Å². The van der Waals surface area contributed by atoms with Crippen molar-refractivity contribution in [2.75, 3.05) is 0 Å². The van der Waals surface area contributed by atoms with Crippen LogP contribution < -0.4 is 11.1 Å². The van der Waals surface area contributed by atoms with E-state index in [4.69, 9.17) is 5.73 Å². The summed E-state index contributed by atoms with van der Waals surface area (Å²) in [5.74, 6) is -0.692. The molecule has 0 heterocycles. The van der Waals surface area contributed by atoms with Crippen LogP contribution in [-0.4, -0.2) is 17.9 Å². The fraction of sp³-hybridized carbons (Fsp3) is 0.385. The summed E-state index contributed by atoms with van der Waals surface area (Å²) in [4.78, 5) is 22.8. The van der Waals surface area contributed by atoms with Gasteiger partial charge in [-0.25, -0.2) is 0 Å². The van der Waals surface area contributed by atoms with Gasteiger partial charge in [0.25, 0.3) is 0 Å². The van der Waals surface area contributed by atoms with E-state index in [9.17, 15) is 9.59 Å². The van der Waals surface area contributed by atoms with Gasteiger partial charge in [0.15, 0.2) is 0 Å². The molecule has 17 heavy (non-hydrogen) atoms. The van der Waals surface area contributed by atoms with Gasteiger partial charge in [-0.3, -0.25) is 9.59 Å². The van der Waals surface area contributed by atoms with Crippen LogP contribution in [0.5, 0.6) is 0 Å². The lowest BCUT2D eigenvalue weighted by Gasteiger charge is -2.18. The molecule has 0 radical (unpaired) electrons. The first-order valence-corrected chi connectivity index (χ1v) is 5.63. The van der Waals surface area contributed by atoms with Gasteiger partial charge < -0.3 is 11.1 Å². The number of hydrogen-bond acceptors (Lipinski definition) is 2. The molecule has 1 aromatic rings. The Bertz CT molecular complexity index is 388. The van der Waals surface area contributed by atoms with Gasteiger partial charge in [0.05, 0.1) is 6.42 Å². The van der Waals surface area contributed by atoms with E-state index in [-0.39, 0.29) is 18.2 Å². The Labute approximate surface area is 101 Å². The van der Waals surface area contributed by atoms with Crippen LogP contribution in [0.15, 0.2) is 30.3 Å². The summed E-state index contributed by atoms with van der Waals surface area (Å²) in [5.41, 5.74) is 6.14. The molecule has 0 fully saturated rings. The maximum absolute atomic E-state index is 11.7. The van der Waals surface area contributed by atoms with Crippen LogP contribution in [0.4, 0.5) is 0 Å². The summed E-state index contributed by atoms with van der Waals surface area (Å²) < 4.78 is 0. The Kier molecular flexibility index (Phi) is 4.69. The average molecular weight is 234 g/mol. The second-order valence-corrected chi connectivity index (χ2v) is 4.35. The third-order valence-corrected chi connectivity index (χ3v) is 2.50. The molecule has 0 unspecified atom stereocenters. The zero-order valence-corrected chi connectivity index (χ0v) is 10.1. The molecule has 2 amide bonds. The van der Waals surface area contributed by atoms with Crippen LogP contribution in [-0.2, 0) is 16.0 Å². The second-order valence-electron chi connectivity index (χ2n) is 4.35. The molecule has 4 heteroatoms. The van der Waals surface area contributed by atoms with Crippen molar-refractivity contribution >= 4 is 11.8 Å². The van der Waals surface area contributed by atoms with Gasteiger partial charge in [0, 0.05) is 0 Å². The number of carbonyl (C=O) groups excluding carboxylic acids is 2. The topological polar surface area (TPSA) is 72.2 Å². The first-order valence-electron chi connectivity index (χ1n) is 5.63. The lowest BCUT2D eigenvalue weighted by molar-refractivity contribution is -0.127. The van der Waals surface area contributed by atoms with E-state index in [1.54, 1.807) is 0 Å². The van der Waals surface area contributed by atoms with E-state index in [1.165, 1.54) is 0 Å². The number of nitrogens with one attached hydrogen (secondary N) is 1. The van der Waals surface area contributed by atoms with Crippen molar-refractivity contribution in [1.82, 2.24) is 5.32 Å². The van der Waals surface area contributed by atoms with Crippen molar-refractivity contribution in [2.45, 2.75) is 26.3 Å². The lowest BCUT2D eigenvalue weighted by Crippen LogP contribution is -2.48. The maximum atomic E-state index is 11.7. The highest BCUT2D eigenvalue weighted by atomic mass is 16.2. The SMILES string of the molecule is CC(C)[C@H](NC(=O)Cc1ccccc1)C(N)=O.